The van der Waals surface area contributed by atoms with Crippen molar-refractivity contribution in [2.45, 2.75) is 38.5 Å². The van der Waals surface area contributed by atoms with Crippen molar-refractivity contribution in [3.05, 3.63) is 28.8 Å². The number of carbonyl (C=O) groups is 1. The summed E-state index contributed by atoms with van der Waals surface area (Å²) in [5, 5.41) is 1.05. The lowest BCUT2D eigenvalue weighted by Crippen LogP contribution is -2.38. The summed E-state index contributed by atoms with van der Waals surface area (Å²) in [6.07, 6.45) is 0.720. The van der Waals surface area contributed by atoms with E-state index in [4.69, 9.17) is 11.6 Å². The van der Waals surface area contributed by atoms with Gasteiger partial charge >= 0.3 is 0 Å². The minimum absolute atomic E-state index is 0.0765. The monoisotopic (exact) mass is 400 g/mol. The highest BCUT2D eigenvalue weighted by atomic mass is 35.5. The first-order valence-corrected chi connectivity index (χ1v) is 11.3. The third-order valence-corrected chi connectivity index (χ3v) is 8.18. The van der Waals surface area contributed by atoms with Gasteiger partial charge in [-0.1, -0.05) is 43.3 Å². The Morgan fingerprint density at radius 1 is 1.44 bits per heavy atom. The molecule has 0 bridgehead atoms. The van der Waals surface area contributed by atoms with E-state index in [1.165, 1.54) is 11.8 Å². The van der Waals surface area contributed by atoms with E-state index in [0.717, 1.165) is 17.7 Å². The number of sulfone groups is 1. The lowest BCUT2D eigenvalue weighted by atomic mass is 10.1. The fourth-order valence-electron chi connectivity index (χ4n) is 3.07. The molecule has 0 radical (unpaired) electrons. The number of rotatable bonds is 3. The summed E-state index contributed by atoms with van der Waals surface area (Å²) in [5.74, 6) is -0.126. The van der Waals surface area contributed by atoms with E-state index in [0.29, 0.717) is 10.2 Å². The maximum Gasteiger partial charge on any atom is 0.250 e. The SMILES string of the molecule is CC[C@H](C)C(=O)N=C1S[C@@H]2CS(=O)(=O)C[C@H]2N1c1cc(Cl)ccc1C. The maximum absolute atomic E-state index is 12.3. The summed E-state index contributed by atoms with van der Waals surface area (Å²) in [4.78, 5) is 18.6. The number of fused-ring (bicyclic) bond motifs is 1. The molecule has 25 heavy (non-hydrogen) atoms. The second-order valence-corrected chi connectivity index (χ2v) is 10.4. The Labute approximate surface area is 157 Å². The first-order chi connectivity index (χ1) is 11.7. The predicted molar refractivity (Wildman–Crippen MR) is 104 cm³/mol. The van der Waals surface area contributed by atoms with Gasteiger partial charge in [0.15, 0.2) is 15.0 Å². The average Bonchev–Trinajstić information content (AvgIpc) is 3.00. The molecule has 2 saturated heterocycles. The van der Waals surface area contributed by atoms with Crippen molar-refractivity contribution in [2.75, 3.05) is 16.4 Å². The van der Waals surface area contributed by atoms with Crippen LogP contribution in [0, 0.1) is 12.8 Å². The smallest absolute Gasteiger partial charge is 0.250 e. The number of nitrogens with zero attached hydrogens (tertiary/aromatic N) is 2. The third kappa shape index (κ3) is 3.73. The van der Waals surface area contributed by atoms with Gasteiger partial charge in [-0.05, 0) is 31.0 Å². The lowest BCUT2D eigenvalue weighted by Gasteiger charge is -2.26. The van der Waals surface area contributed by atoms with E-state index in [1.807, 2.05) is 37.8 Å². The number of aryl methyl sites for hydroxylation is 1. The number of carbonyl (C=O) groups excluding carboxylic acids is 1. The molecule has 8 heteroatoms. The topological polar surface area (TPSA) is 66.8 Å². The van der Waals surface area contributed by atoms with Crippen molar-refractivity contribution in [1.82, 2.24) is 0 Å². The van der Waals surface area contributed by atoms with Crippen molar-refractivity contribution in [1.29, 1.82) is 0 Å². The highest BCUT2D eigenvalue weighted by Gasteiger charge is 2.49. The molecule has 3 atom stereocenters. The first-order valence-electron chi connectivity index (χ1n) is 8.27. The summed E-state index contributed by atoms with van der Waals surface area (Å²) in [6.45, 7) is 5.75. The Kier molecular flexibility index (Phi) is 5.19. The Hall–Kier alpha value is -1.05. The maximum atomic E-state index is 12.3. The molecule has 0 N–H and O–H groups in total. The van der Waals surface area contributed by atoms with Crippen molar-refractivity contribution in [2.24, 2.45) is 10.9 Å². The number of amidine groups is 1. The number of hydrogen-bond acceptors (Lipinski definition) is 4. The number of aliphatic imine (C=N–C) groups is 1. The molecule has 0 aliphatic carbocycles. The summed E-state index contributed by atoms with van der Waals surface area (Å²) >= 11 is 7.55. The summed E-state index contributed by atoms with van der Waals surface area (Å²) in [5.41, 5.74) is 1.79. The first kappa shape index (κ1) is 18.7. The molecule has 1 aromatic rings. The summed E-state index contributed by atoms with van der Waals surface area (Å²) in [7, 11) is -3.08. The zero-order chi connectivity index (χ0) is 18.4. The van der Waals surface area contributed by atoms with E-state index < -0.39 is 9.84 Å². The normalized spacial score (nSPS) is 27.5. The van der Waals surface area contributed by atoms with E-state index in [2.05, 4.69) is 4.99 Å². The molecule has 1 aromatic carbocycles. The highest BCUT2D eigenvalue weighted by molar-refractivity contribution is 8.16. The van der Waals surface area contributed by atoms with Crippen LogP contribution in [0.25, 0.3) is 0 Å². The Balaban J connectivity index is 2.05. The van der Waals surface area contributed by atoms with Gasteiger partial charge in [0.05, 0.1) is 17.5 Å². The Bertz CT molecular complexity index is 838. The van der Waals surface area contributed by atoms with Crippen LogP contribution in [0.4, 0.5) is 5.69 Å². The number of hydrogen-bond donors (Lipinski definition) is 0. The van der Waals surface area contributed by atoms with Crippen LogP contribution in [-0.2, 0) is 14.6 Å². The van der Waals surface area contributed by atoms with Crippen LogP contribution in [0.1, 0.15) is 25.8 Å². The molecule has 2 aliphatic rings. The number of benzene rings is 1. The molecule has 136 valence electrons. The Morgan fingerprint density at radius 3 is 2.84 bits per heavy atom. The van der Waals surface area contributed by atoms with Crippen molar-refractivity contribution in [3.63, 3.8) is 0 Å². The largest absolute Gasteiger partial charge is 0.315 e. The van der Waals surface area contributed by atoms with Gasteiger partial charge in [0, 0.05) is 21.9 Å². The molecule has 1 amide bonds. The fraction of sp³-hybridized carbons (Fsp3) is 0.529. The van der Waals surface area contributed by atoms with E-state index in [9.17, 15) is 13.2 Å². The van der Waals surface area contributed by atoms with Gasteiger partial charge in [-0.3, -0.25) is 4.79 Å². The molecule has 0 aromatic heterocycles. The van der Waals surface area contributed by atoms with Crippen LogP contribution >= 0.6 is 23.4 Å². The van der Waals surface area contributed by atoms with E-state index >= 15 is 0 Å². The van der Waals surface area contributed by atoms with Gasteiger partial charge in [0.1, 0.15) is 0 Å². The van der Waals surface area contributed by atoms with Crippen LogP contribution in [0.15, 0.2) is 23.2 Å². The number of thioether (sulfide) groups is 1. The lowest BCUT2D eigenvalue weighted by molar-refractivity contribution is -0.121. The third-order valence-electron chi connectivity index (χ3n) is 4.74. The second-order valence-electron chi connectivity index (χ2n) is 6.64. The molecular weight excluding hydrogens is 380 g/mol. The number of amides is 1. The van der Waals surface area contributed by atoms with Gasteiger partial charge in [0.25, 0.3) is 5.91 Å². The van der Waals surface area contributed by atoms with Gasteiger partial charge in [-0.25, -0.2) is 8.42 Å². The quantitative estimate of drug-likeness (QED) is 0.778. The molecule has 0 unspecified atom stereocenters. The van der Waals surface area contributed by atoms with Gasteiger partial charge in [0.2, 0.25) is 0 Å². The van der Waals surface area contributed by atoms with Crippen LogP contribution in [0.5, 0.6) is 0 Å². The van der Waals surface area contributed by atoms with Crippen molar-refractivity contribution in [3.8, 4) is 0 Å². The van der Waals surface area contributed by atoms with Gasteiger partial charge in [-0.2, -0.15) is 4.99 Å². The summed E-state index contributed by atoms with van der Waals surface area (Å²) < 4.78 is 24.2. The van der Waals surface area contributed by atoms with Crippen LogP contribution in [0.2, 0.25) is 5.02 Å². The molecule has 5 nitrogen and oxygen atoms in total. The minimum Gasteiger partial charge on any atom is -0.315 e. The second kappa shape index (κ2) is 6.93. The van der Waals surface area contributed by atoms with Gasteiger partial charge in [-0.15, -0.1) is 0 Å². The molecule has 3 rings (SSSR count). The van der Waals surface area contributed by atoms with Crippen LogP contribution in [0.3, 0.4) is 0 Å². The number of anilines is 1. The summed E-state index contributed by atoms with van der Waals surface area (Å²) in [6, 6.07) is 5.30. The molecule has 2 fully saturated rings. The fourth-order valence-corrected chi connectivity index (χ4v) is 7.15. The Morgan fingerprint density at radius 2 is 2.16 bits per heavy atom. The standard InChI is InChI=1S/C17H21ClN2O3S2/c1-4-10(2)16(21)19-17-20(13-7-12(18)6-5-11(13)3)14-8-25(22,23)9-15(14)24-17/h5-7,10,14-15H,4,8-9H2,1-3H3/t10-,14+,15+/m0/s1. The number of halogens is 1. The molecule has 2 aliphatic heterocycles. The minimum atomic E-state index is -3.08. The van der Waals surface area contributed by atoms with Crippen molar-refractivity contribution < 1.29 is 13.2 Å². The van der Waals surface area contributed by atoms with Crippen LogP contribution in [-0.4, -0.2) is 42.3 Å². The zero-order valence-corrected chi connectivity index (χ0v) is 16.8. The highest BCUT2D eigenvalue weighted by Crippen LogP contribution is 2.42. The van der Waals surface area contributed by atoms with E-state index in [-0.39, 0.29) is 34.6 Å². The average molecular weight is 401 g/mol. The van der Waals surface area contributed by atoms with Crippen LogP contribution < -0.4 is 4.90 Å². The molecule has 0 spiro atoms. The molecule has 0 saturated carbocycles. The predicted octanol–water partition coefficient (Wildman–Crippen LogP) is 3.30. The zero-order valence-electron chi connectivity index (χ0n) is 14.4. The molecule has 2 heterocycles. The molecular formula is C17H21ClN2O3S2. The van der Waals surface area contributed by atoms with Crippen molar-refractivity contribution >= 4 is 50.0 Å². The van der Waals surface area contributed by atoms with E-state index in [1.54, 1.807) is 6.07 Å². The van der Waals surface area contributed by atoms with Gasteiger partial charge < -0.3 is 4.90 Å².